The number of anilines is 2. The molecular weight excluding hydrogens is 394 g/mol. The summed E-state index contributed by atoms with van der Waals surface area (Å²) in [5.41, 5.74) is 2.37. The predicted molar refractivity (Wildman–Crippen MR) is 109 cm³/mol. The van der Waals surface area contributed by atoms with E-state index in [-0.39, 0.29) is 10.9 Å². The first kappa shape index (κ1) is 18.8. The number of ether oxygens (including phenoxy) is 1. The van der Waals surface area contributed by atoms with E-state index < -0.39 is 11.1 Å². The molecule has 2 amide bonds. The quantitative estimate of drug-likeness (QED) is 0.479. The van der Waals surface area contributed by atoms with Gasteiger partial charge in [0, 0.05) is 23.3 Å². The third kappa shape index (κ3) is 3.99. The molecule has 0 radical (unpaired) electrons. The number of amides is 2. The number of thioether (sulfide) groups is 1. The summed E-state index contributed by atoms with van der Waals surface area (Å²) in [5, 5.41) is 5.73. The van der Waals surface area contributed by atoms with Gasteiger partial charge < -0.3 is 14.5 Å². The van der Waals surface area contributed by atoms with E-state index >= 15 is 0 Å². The van der Waals surface area contributed by atoms with Crippen molar-refractivity contribution in [2.75, 3.05) is 11.9 Å². The smallest absolute Gasteiger partial charge is 0.338 e. The van der Waals surface area contributed by atoms with Crippen LogP contribution in [0.4, 0.5) is 16.2 Å². The number of nitrogens with one attached hydrogen (secondary N) is 2. The van der Waals surface area contributed by atoms with Gasteiger partial charge in [0.15, 0.2) is 5.58 Å². The Bertz CT molecular complexity index is 1150. The molecular formula is C20H15N3O5S. The van der Waals surface area contributed by atoms with Gasteiger partial charge in [0.05, 0.1) is 23.3 Å². The van der Waals surface area contributed by atoms with Crippen molar-refractivity contribution in [1.29, 1.82) is 0 Å². The molecule has 0 unspecified atom stereocenters. The van der Waals surface area contributed by atoms with Crippen LogP contribution in [-0.2, 0) is 9.53 Å². The van der Waals surface area contributed by atoms with Gasteiger partial charge in [0.2, 0.25) is 0 Å². The third-order valence-corrected chi connectivity index (χ3v) is 4.84. The molecule has 29 heavy (non-hydrogen) atoms. The van der Waals surface area contributed by atoms with Crippen LogP contribution in [0.5, 0.6) is 0 Å². The molecule has 0 aliphatic carbocycles. The summed E-state index contributed by atoms with van der Waals surface area (Å²) in [5.74, 6) is -0.390. The number of esters is 1. The van der Waals surface area contributed by atoms with E-state index in [4.69, 9.17) is 9.15 Å². The van der Waals surface area contributed by atoms with Crippen molar-refractivity contribution in [2.24, 2.45) is 0 Å². The van der Waals surface area contributed by atoms with Crippen molar-refractivity contribution < 1.29 is 23.5 Å². The third-order valence-electron chi connectivity index (χ3n) is 4.03. The van der Waals surface area contributed by atoms with Crippen LogP contribution < -0.4 is 10.6 Å². The Balaban J connectivity index is 1.59. The number of aromatic nitrogens is 1. The van der Waals surface area contributed by atoms with Gasteiger partial charge in [-0.3, -0.25) is 19.9 Å². The van der Waals surface area contributed by atoms with Gasteiger partial charge in [0.1, 0.15) is 11.4 Å². The lowest BCUT2D eigenvalue weighted by molar-refractivity contribution is -0.115. The lowest BCUT2D eigenvalue weighted by Gasteiger charge is -2.07. The Morgan fingerprint density at radius 2 is 2.07 bits per heavy atom. The molecule has 8 nitrogen and oxygen atoms in total. The van der Waals surface area contributed by atoms with Gasteiger partial charge in [-0.1, -0.05) is 0 Å². The number of benzene rings is 1. The number of fused-ring (bicyclic) bond motifs is 1. The number of carbonyl (C=O) groups excluding carboxylic acids is 3. The molecule has 1 fully saturated rings. The van der Waals surface area contributed by atoms with E-state index in [0.29, 0.717) is 29.2 Å². The van der Waals surface area contributed by atoms with Crippen LogP contribution in [0.15, 0.2) is 52.0 Å². The van der Waals surface area contributed by atoms with Crippen LogP contribution in [0.1, 0.15) is 23.0 Å². The maximum Gasteiger partial charge on any atom is 0.338 e. The summed E-state index contributed by atoms with van der Waals surface area (Å²) >= 11 is 0.825. The van der Waals surface area contributed by atoms with Gasteiger partial charge in [-0.15, -0.1) is 0 Å². The SMILES string of the molecule is CCOC(=O)c1ccc(Nc2cncc3cc(C=C4SC(=O)NC4=O)oc23)cc1. The van der Waals surface area contributed by atoms with Crippen molar-refractivity contribution in [3.63, 3.8) is 0 Å². The van der Waals surface area contributed by atoms with Crippen molar-refractivity contribution in [3.8, 4) is 0 Å². The first-order valence-corrected chi connectivity index (χ1v) is 9.52. The average Bonchev–Trinajstić information content (AvgIpc) is 3.25. The fourth-order valence-corrected chi connectivity index (χ4v) is 3.41. The average molecular weight is 409 g/mol. The van der Waals surface area contributed by atoms with Gasteiger partial charge in [0.25, 0.3) is 11.1 Å². The van der Waals surface area contributed by atoms with Crippen molar-refractivity contribution in [1.82, 2.24) is 10.3 Å². The second-order valence-electron chi connectivity index (χ2n) is 6.03. The molecule has 4 rings (SSSR count). The van der Waals surface area contributed by atoms with E-state index in [1.807, 2.05) is 0 Å². The Hall–Kier alpha value is -3.59. The molecule has 2 aromatic heterocycles. The largest absolute Gasteiger partial charge is 0.462 e. The highest BCUT2D eigenvalue weighted by Gasteiger charge is 2.25. The normalized spacial score (nSPS) is 15.0. The lowest BCUT2D eigenvalue weighted by Crippen LogP contribution is -2.17. The number of nitrogens with zero attached hydrogens (tertiary/aromatic N) is 1. The predicted octanol–water partition coefficient (Wildman–Crippen LogP) is 4.07. The van der Waals surface area contributed by atoms with Crippen molar-refractivity contribution in [2.45, 2.75) is 6.92 Å². The molecule has 146 valence electrons. The Morgan fingerprint density at radius 1 is 1.28 bits per heavy atom. The van der Waals surface area contributed by atoms with E-state index in [0.717, 1.165) is 22.8 Å². The fraction of sp³-hybridized carbons (Fsp3) is 0.100. The zero-order valence-corrected chi connectivity index (χ0v) is 16.0. The van der Waals surface area contributed by atoms with Crippen LogP contribution in [0.3, 0.4) is 0 Å². The first-order valence-electron chi connectivity index (χ1n) is 8.70. The van der Waals surface area contributed by atoms with Crippen LogP contribution in [0.25, 0.3) is 17.0 Å². The molecule has 1 aromatic carbocycles. The number of pyridine rings is 1. The topological polar surface area (TPSA) is 111 Å². The minimum Gasteiger partial charge on any atom is -0.462 e. The first-order chi connectivity index (χ1) is 14.0. The summed E-state index contributed by atoms with van der Waals surface area (Å²) in [6, 6.07) is 8.57. The fourth-order valence-electron chi connectivity index (χ4n) is 2.75. The minimum atomic E-state index is -0.446. The van der Waals surface area contributed by atoms with Gasteiger partial charge in [-0.25, -0.2) is 4.79 Å². The number of hydrogen-bond donors (Lipinski definition) is 2. The van der Waals surface area contributed by atoms with E-state index in [2.05, 4.69) is 15.6 Å². The van der Waals surface area contributed by atoms with Crippen molar-refractivity contribution in [3.05, 3.63) is 59.0 Å². The summed E-state index contributed by atoms with van der Waals surface area (Å²) in [7, 11) is 0. The highest BCUT2D eigenvalue weighted by molar-refractivity contribution is 8.18. The summed E-state index contributed by atoms with van der Waals surface area (Å²) in [6.07, 6.45) is 4.77. The second kappa shape index (κ2) is 7.80. The standard InChI is InChI=1S/C20H15N3O5S/c1-2-27-19(25)11-3-5-13(6-4-11)22-15-10-21-9-12-7-14(28-17(12)15)8-16-18(24)23-20(26)29-16/h3-10,22H,2H2,1H3,(H,23,24,26). The summed E-state index contributed by atoms with van der Waals surface area (Å²) in [4.78, 5) is 39.2. The zero-order chi connectivity index (χ0) is 20.4. The molecule has 1 aliphatic heterocycles. The van der Waals surface area contributed by atoms with Crippen LogP contribution in [-0.4, -0.2) is 28.7 Å². The molecule has 9 heteroatoms. The van der Waals surface area contributed by atoms with E-state index in [1.165, 1.54) is 6.08 Å². The zero-order valence-electron chi connectivity index (χ0n) is 15.2. The maximum atomic E-state index is 11.8. The van der Waals surface area contributed by atoms with Crippen LogP contribution in [0.2, 0.25) is 0 Å². The van der Waals surface area contributed by atoms with Gasteiger partial charge >= 0.3 is 5.97 Å². The lowest BCUT2D eigenvalue weighted by atomic mass is 10.2. The molecule has 2 N–H and O–H groups in total. The van der Waals surface area contributed by atoms with Crippen LogP contribution in [0, 0.1) is 0 Å². The van der Waals surface area contributed by atoms with Crippen molar-refractivity contribution >= 4 is 57.3 Å². The second-order valence-corrected chi connectivity index (χ2v) is 7.04. The molecule has 0 bridgehead atoms. The number of imide groups is 1. The molecule has 0 saturated carbocycles. The molecule has 3 aromatic rings. The van der Waals surface area contributed by atoms with Gasteiger partial charge in [-0.05, 0) is 49.0 Å². The highest BCUT2D eigenvalue weighted by atomic mass is 32.2. The van der Waals surface area contributed by atoms with Gasteiger partial charge in [-0.2, -0.15) is 0 Å². The maximum absolute atomic E-state index is 11.8. The molecule has 1 aliphatic rings. The highest BCUT2D eigenvalue weighted by Crippen LogP contribution is 2.31. The number of rotatable bonds is 5. The molecule has 3 heterocycles. The molecule has 0 atom stereocenters. The number of carbonyl (C=O) groups is 3. The summed E-state index contributed by atoms with van der Waals surface area (Å²) in [6.45, 7) is 2.07. The monoisotopic (exact) mass is 409 g/mol. The molecule has 1 saturated heterocycles. The Kier molecular flexibility index (Phi) is 5.05. The Labute approximate surface area is 169 Å². The molecule has 0 spiro atoms. The van der Waals surface area contributed by atoms with E-state index in [1.54, 1.807) is 49.6 Å². The number of furan rings is 1. The van der Waals surface area contributed by atoms with E-state index in [9.17, 15) is 14.4 Å². The minimum absolute atomic E-state index is 0.270. The number of hydrogen-bond acceptors (Lipinski definition) is 8. The Morgan fingerprint density at radius 3 is 2.76 bits per heavy atom. The summed E-state index contributed by atoms with van der Waals surface area (Å²) < 4.78 is 10.8. The van der Waals surface area contributed by atoms with Crippen LogP contribution >= 0.6 is 11.8 Å².